The van der Waals surface area contributed by atoms with Crippen molar-refractivity contribution in [2.24, 2.45) is 0 Å². The highest BCUT2D eigenvalue weighted by Gasteiger charge is 2.51. The van der Waals surface area contributed by atoms with E-state index in [0.717, 1.165) is 38.5 Å². The zero-order valence-corrected chi connectivity index (χ0v) is 41.7. The van der Waals surface area contributed by atoms with E-state index in [4.69, 9.17) is 18.5 Å². The number of hydrogen-bond acceptors (Lipinski definition) is 12. The molecule has 0 aromatic heterocycles. The van der Waals surface area contributed by atoms with Gasteiger partial charge in [0.1, 0.15) is 43.2 Å². The third-order valence-electron chi connectivity index (χ3n) is 12.4. The number of carbonyl (C=O) groups is 2. The molecule has 0 heterocycles. The largest absolute Gasteiger partial charge is 0.472 e. The Morgan fingerprint density at radius 1 is 0.508 bits per heavy atom. The predicted molar refractivity (Wildman–Crippen MR) is 258 cm³/mol. The molecule has 0 saturated heterocycles. The summed E-state index contributed by atoms with van der Waals surface area (Å²) in [6.45, 7) is 3.24. The van der Waals surface area contributed by atoms with Crippen molar-refractivity contribution in [1.29, 1.82) is 0 Å². The Bertz CT molecular complexity index is 1230. The number of ether oxygens (including phenoxy) is 2. The van der Waals surface area contributed by atoms with Crippen LogP contribution in [0.5, 0.6) is 0 Å². The number of aliphatic hydroxyl groups excluding tert-OH is 5. The summed E-state index contributed by atoms with van der Waals surface area (Å²) in [5, 5.41) is 50.2. The molecule has 0 amide bonds. The second-order valence-corrected chi connectivity index (χ2v) is 19.9. The average Bonchev–Trinajstić information content (AvgIpc) is 3.29. The van der Waals surface area contributed by atoms with E-state index in [2.05, 4.69) is 13.8 Å². The smallest absolute Gasteiger partial charge is 0.462 e. The van der Waals surface area contributed by atoms with E-state index < -0.39 is 75.7 Å². The molecular formula is C51H95O13P. The molecule has 382 valence electrons. The number of allylic oxidation sites excluding steroid dienone is 3. The van der Waals surface area contributed by atoms with Crippen LogP contribution in [-0.2, 0) is 32.7 Å². The van der Waals surface area contributed by atoms with E-state index in [0.29, 0.717) is 6.42 Å². The third-order valence-corrected chi connectivity index (χ3v) is 13.4. The van der Waals surface area contributed by atoms with Gasteiger partial charge in [0.25, 0.3) is 0 Å². The molecule has 0 aliphatic heterocycles. The lowest BCUT2D eigenvalue weighted by molar-refractivity contribution is -0.220. The quantitative estimate of drug-likeness (QED) is 0.0111. The first-order valence-corrected chi connectivity index (χ1v) is 27.7. The maximum Gasteiger partial charge on any atom is 0.472 e. The summed E-state index contributed by atoms with van der Waals surface area (Å²) < 4.78 is 33.4. The highest BCUT2D eigenvalue weighted by molar-refractivity contribution is 7.47. The predicted octanol–water partition coefficient (Wildman–Crippen LogP) is 11.2. The van der Waals surface area contributed by atoms with Crippen LogP contribution in [0.4, 0.5) is 0 Å². The minimum atomic E-state index is -5.14. The molecule has 0 bridgehead atoms. The molecule has 65 heavy (non-hydrogen) atoms. The first kappa shape index (κ1) is 61.3. The molecule has 0 spiro atoms. The van der Waals surface area contributed by atoms with E-state index in [1.165, 1.54) is 179 Å². The number of aliphatic hydroxyl groups is 5. The van der Waals surface area contributed by atoms with Gasteiger partial charge in [-0.3, -0.25) is 13.8 Å². The van der Waals surface area contributed by atoms with Gasteiger partial charge in [-0.05, 0) is 19.3 Å². The normalized spacial score (nSPS) is 21.5. The van der Waals surface area contributed by atoms with Crippen molar-refractivity contribution in [1.82, 2.24) is 0 Å². The van der Waals surface area contributed by atoms with Gasteiger partial charge in [-0.15, -0.1) is 0 Å². The Hall–Kier alpha value is -1.67. The molecule has 1 fully saturated rings. The highest BCUT2D eigenvalue weighted by atomic mass is 31.2. The number of phosphoric ester groups is 1. The topological polar surface area (TPSA) is 210 Å². The van der Waals surface area contributed by atoms with Crippen LogP contribution in [0.15, 0.2) is 24.3 Å². The van der Waals surface area contributed by atoms with Gasteiger partial charge in [0.2, 0.25) is 0 Å². The molecule has 6 N–H and O–H groups in total. The van der Waals surface area contributed by atoms with Crippen molar-refractivity contribution in [2.75, 3.05) is 13.2 Å². The van der Waals surface area contributed by atoms with Crippen molar-refractivity contribution in [3.05, 3.63) is 24.3 Å². The summed E-state index contributed by atoms with van der Waals surface area (Å²) in [7, 11) is -5.14. The van der Waals surface area contributed by atoms with Crippen molar-refractivity contribution in [3.8, 4) is 0 Å². The molecular weight excluding hydrogens is 852 g/mol. The zero-order chi connectivity index (χ0) is 47.8. The minimum absolute atomic E-state index is 0.153. The summed E-state index contributed by atoms with van der Waals surface area (Å²) in [6, 6.07) is 0. The van der Waals surface area contributed by atoms with Crippen molar-refractivity contribution in [2.45, 2.75) is 275 Å². The van der Waals surface area contributed by atoms with E-state index in [-0.39, 0.29) is 6.42 Å². The van der Waals surface area contributed by atoms with Crippen LogP contribution in [0.2, 0.25) is 0 Å². The zero-order valence-electron chi connectivity index (χ0n) is 40.8. The van der Waals surface area contributed by atoms with Crippen molar-refractivity contribution in [3.63, 3.8) is 0 Å². The Morgan fingerprint density at radius 2 is 0.877 bits per heavy atom. The van der Waals surface area contributed by atoms with Gasteiger partial charge in [-0.2, -0.15) is 0 Å². The van der Waals surface area contributed by atoms with Crippen LogP contribution in [0, 0.1) is 0 Å². The van der Waals surface area contributed by atoms with Crippen molar-refractivity contribution >= 4 is 19.8 Å². The maximum absolute atomic E-state index is 12.8. The van der Waals surface area contributed by atoms with Crippen LogP contribution >= 0.6 is 7.82 Å². The number of carbonyl (C=O) groups excluding carboxylic acids is 2. The van der Waals surface area contributed by atoms with E-state index in [1.54, 1.807) is 6.08 Å². The van der Waals surface area contributed by atoms with Gasteiger partial charge in [0.05, 0.1) is 6.61 Å². The molecule has 0 aromatic carbocycles. The lowest BCUT2D eigenvalue weighted by Crippen LogP contribution is -2.64. The van der Waals surface area contributed by atoms with Gasteiger partial charge in [0.15, 0.2) is 6.10 Å². The van der Waals surface area contributed by atoms with Crippen LogP contribution in [0.1, 0.15) is 232 Å². The first-order valence-electron chi connectivity index (χ1n) is 26.2. The van der Waals surface area contributed by atoms with E-state index in [1.807, 2.05) is 6.08 Å². The van der Waals surface area contributed by atoms with E-state index >= 15 is 0 Å². The Balaban J connectivity index is 2.40. The molecule has 1 aliphatic carbocycles. The van der Waals surface area contributed by atoms with E-state index in [9.17, 15) is 44.6 Å². The fourth-order valence-corrected chi connectivity index (χ4v) is 9.17. The number of phosphoric acid groups is 1. The molecule has 1 aliphatic rings. The third kappa shape index (κ3) is 33.5. The molecule has 13 nitrogen and oxygen atoms in total. The standard InChI is InChI=1S/C51H95O13P/c1-3-5-7-9-11-13-15-17-19-20-21-22-23-24-26-27-29-31-33-35-37-39-44(52)61-41-43(42-62-65(59,60)64-51-49(57)47(55)46(54)48(56)50(51)58)63-45(53)40-38-36-34-32-30-28-25-18-16-14-12-10-8-6-4-2/h34,36,38,40,43,46-51,54-58H,3-33,35,37,39,41-42H2,1-2H3,(H,59,60)/b36-34+,40-38+/t43-,46?,47-,48?,49?,50?,51?/m0/s1. The fraction of sp³-hybridized carbons (Fsp3) is 0.882. The molecule has 0 radical (unpaired) electrons. The monoisotopic (exact) mass is 947 g/mol. The summed E-state index contributed by atoms with van der Waals surface area (Å²) >= 11 is 0. The summed E-state index contributed by atoms with van der Waals surface area (Å²) in [5.74, 6) is -1.34. The molecule has 14 heteroatoms. The lowest BCUT2D eigenvalue weighted by atomic mass is 9.85. The number of unbranched alkanes of at least 4 members (excludes halogenated alkanes) is 31. The Morgan fingerprint density at radius 3 is 1.29 bits per heavy atom. The SMILES string of the molecule is CCCCCCCCCCCCC/C=C/C=C/C(=O)O[C@@H](COC(=O)CCCCCCCCCCCCCCCCCCCCCCC)COP(=O)(O)OC1C(O)C(O)C(O)[C@H](O)C1O. The molecule has 8 atom stereocenters. The first-order chi connectivity index (χ1) is 31.4. The number of esters is 2. The van der Waals surface area contributed by atoms with Gasteiger partial charge in [-0.25, -0.2) is 9.36 Å². The van der Waals surface area contributed by atoms with Crippen LogP contribution in [0.3, 0.4) is 0 Å². The second kappa shape index (κ2) is 41.3. The van der Waals surface area contributed by atoms with Crippen LogP contribution < -0.4 is 0 Å². The Labute approximate surface area is 394 Å². The fourth-order valence-electron chi connectivity index (χ4n) is 8.20. The highest BCUT2D eigenvalue weighted by Crippen LogP contribution is 2.47. The van der Waals surface area contributed by atoms with Gasteiger partial charge in [0, 0.05) is 12.5 Å². The number of hydrogen-bond donors (Lipinski definition) is 6. The Kier molecular flexibility index (Phi) is 39.0. The molecule has 0 aromatic rings. The molecule has 1 rings (SSSR count). The lowest BCUT2D eigenvalue weighted by Gasteiger charge is -2.41. The summed E-state index contributed by atoms with van der Waals surface area (Å²) in [5.41, 5.74) is 0. The van der Waals surface area contributed by atoms with Gasteiger partial charge < -0.3 is 39.9 Å². The maximum atomic E-state index is 12.8. The van der Waals surface area contributed by atoms with Gasteiger partial charge in [-0.1, -0.05) is 225 Å². The molecule has 1 saturated carbocycles. The summed E-state index contributed by atoms with van der Waals surface area (Å²) in [4.78, 5) is 35.7. The van der Waals surface area contributed by atoms with Crippen molar-refractivity contribution < 1.29 is 63.1 Å². The van der Waals surface area contributed by atoms with Crippen LogP contribution in [0.25, 0.3) is 0 Å². The van der Waals surface area contributed by atoms with Gasteiger partial charge >= 0.3 is 19.8 Å². The second-order valence-electron chi connectivity index (χ2n) is 18.5. The minimum Gasteiger partial charge on any atom is -0.462 e. The average molecular weight is 947 g/mol. The number of rotatable bonds is 44. The molecule has 6 unspecified atom stereocenters. The summed E-state index contributed by atoms with van der Waals surface area (Å²) in [6.07, 6.45) is 34.4. The van der Waals surface area contributed by atoms with Crippen LogP contribution in [-0.4, -0.2) is 98.3 Å².